The molecule has 0 aliphatic carbocycles. The van der Waals surface area contributed by atoms with Crippen molar-refractivity contribution >= 4 is 39.9 Å². The van der Waals surface area contributed by atoms with Crippen molar-refractivity contribution in [1.82, 2.24) is 4.98 Å². The summed E-state index contributed by atoms with van der Waals surface area (Å²) in [5, 5.41) is 3.35. The standard InChI is InChI=1S/C27H24N2O2S2/c30-23(17-10-18-32-19-20-11-4-1-5-12-20)28-27-29-24(21-13-6-2-7-14-21)26(33-27)25(31)22-15-8-3-9-16-22/h1-9,11-16H,10,17-19H2,(H,28,29,30). The maximum Gasteiger partial charge on any atom is 0.226 e. The summed E-state index contributed by atoms with van der Waals surface area (Å²) in [4.78, 5) is 30.8. The van der Waals surface area contributed by atoms with E-state index in [0.717, 1.165) is 23.5 Å². The number of thioether (sulfide) groups is 1. The third-order valence-electron chi connectivity index (χ3n) is 4.97. The molecule has 0 bridgehead atoms. The Hall–Kier alpha value is -3.22. The van der Waals surface area contributed by atoms with Crippen molar-refractivity contribution in [3.8, 4) is 11.3 Å². The molecule has 6 heteroatoms. The van der Waals surface area contributed by atoms with E-state index in [4.69, 9.17) is 0 Å². The molecule has 0 aliphatic rings. The molecule has 0 aliphatic heterocycles. The third-order valence-corrected chi connectivity index (χ3v) is 7.05. The lowest BCUT2D eigenvalue weighted by Gasteiger charge is -2.03. The van der Waals surface area contributed by atoms with Crippen molar-refractivity contribution in [3.05, 3.63) is 107 Å². The van der Waals surface area contributed by atoms with Gasteiger partial charge in [0.1, 0.15) is 4.88 Å². The lowest BCUT2D eigenvalue weighted by atomic mass is 10.1. The van der Waals surface area contributed by atoms with E-state index in [1.165, 1.54) is 16.9 Å². The van der Waals surface area contributed by atoms with Crippen LogP contribution >= 0.6 is 23.1 Å². The zero-order chi connectivity index (χ0) is 22.9. The van der Waals surface area contributed by atoms with E-state index in [0.29, 0.717) is 27.7 Å². The number of nitrogens with one attached hydrogen (secondary N) is 1. The van der Waals surface area contributed by atoms with Gasteiger partial charge in [-0.15, -0.1) is 0 Å². The van der Waals surface area contributed by atoms with Gasteiger partial charge in [-0.05, 0) is 17.7 Å². The summed E-state index contributed by atoms with van der Waals surface area (Å²) in [6.07, 6.45) is 1.21. The van der Waals surface area contributed by atoms with Gasteiger partial charge >= 0.3 is 0 Å². The number of aromatic nitrogens is 1. The van der Waals surface area contributed by atoms with Gasteiger partial charge in [0.05, 0.1) is 5.69 Å². The Morgan fingerprint density at radius 3 is 2.18 bits per heavy atom. The second-order valence-electron chi connectivity index (χ2n) is 7.45. The molecule has 3 aromatic carbocycles. The Labute approximate surface area is 202 Å². The summed E-state index contributed by atoms with van der Waals surface area (Å²) in [5.74, 6) is 1.68. The Morgan fingerprint density at radius 2 is 1.48 bits per heavy atom. The van der Waals surface area contributed by atoms with Gasteiger partial charge in [-0.2, -0.15) is 11.8 Å². The van der Waals surface area contributed by atoms with E-state index in [1.54, 1.807) is 12.1 Å². The molecule has 4 nitrogen and oxygen atoms in total. The molecule has 1 amide bonds. The number of benzene rings is 3. The van der Waals surface area contributed by atoms with Crippen molar-refractivity contribution in [2.24, 2.45) is 0 Å². The van der Waals surface area contributed by atoms with E-state index in [9.17, 15) is 9.59 Å². The fourth-order valence-corrected chi connectivity index (χ4v) is 5.21. The summed E-state index contributed by atoms with van der Waals surface area (Å²) in [6.45, 7) is 0. The van der Waals surface area contributed by atoms with Gasteiger partial charge in [0, 0.05) is 23.3 Å². The number of thiazole rings is 1. The summed E-state index contributed by atoms with van der Waals surface area (Å²) in [5.41, 5.74) is 3.35. The van der Waals surface area contributed by atoms with Crippen LogP contribution in [-0.4, -0.2) is 22.4 Å². The number of nitrogens with zero attached hydrogens (tertiary/aromatic N) is 1. The number of carbonyl (C=O) groups excluding carboxylic acids is 2. The minimum absolute atomic E-state index is 0.0811. The fraction of sp³-hybridized carbons (Fsp3) is 0.148. The number of carbonyl (C=O) groups is 2. The highest BCUT2D eigenvalue weighted by molar-refractivity contribution is 7.98. The minimum Gasteiger partial charge on any atom is -0.302 e. The van der Waals surface area contributed by atoms with Gasteiger partial charge < -0.3 is 5.32 Å². The van der Waals surface area contributed by atoms with Crippen LogP contribution in [0, 0.1) is 0 Å². The van der Waals surface area contributed by atoms with Gasteiger partial charge in [0.2, 0.25) is 11.7 Å². The molecule has 0 fully saturated rings. The number of anilines is 1. The average Bonchev–Trinajstić information content (AvgIpc) is 3.28. The highest BCUT2D eigenvalue weighted by Gasteiger charge is 2.21. The van der Waals surface area contributed by atoms with Crippen LogP contribution in [0.15, 0.2) is 91.0 Å². The Kier molecular flexibility index (Phi) is 8.06. The van der Waals surface area contributed by atoms with Gasteiger partial charge in [0.15, 0.2) is 5.13 Å². The van der Waals surface area contributed by atoms with Crippen molar-refractivity contribution in [2.45, 2.75) is 18.6 Å². The maximum absolute atomic E-state index is 13.2. The lowest BCUT2D eigenvalue weighted by molar-refractivity contribution is -0.116. The van der Waals surface area contributed by atoms with E-state index in [1.807, 2.05) is 78.5 Å². The molecular weight excluding hydrogens is 448 g/mol. The summed E-state index contributed by atoms with van der Waals surface area (Å²) in [6, 6.07) is 29.1. The van der Waals surface area contributed by atoms with Crippen LogP contribution in [0.25, 0.3) is 11.3 Å². The van der Waals surface area contributed by atoms with Crippen LogP contribution in [-0.2, 0) is 10.5 Å². The molecule has 0 radical (unpaired) electrons. The van der Waals surface area contributed by atoms with Gasteiger partial charge in [-0.1, -0.05) is 102 Å². The number of rotatable bonds is 10. The molecule has 166 valence electrons. The molecule has 33 heavy (non-hydrogen) atoms. The second-order valence-corrected chi connectivity index (χ2v) is 9.55. The molecular formula is C27H24N2O2S2. The van der Waals surface area contributed by atoms with Crippen molar-refractivity contribution in [2.75, 3.05) is 11.1 Å². The van der Waals surface area contributed by atoms with Gasteiger partial charge in [-0.25, -0.2) is 4.98 Å². The average molecular weight is 473 g/mol. The Balaban J connectivity index is 1.39. The zero-order valence-electron chi connectivity index (χ0n) is 18.1. The molecule has 0 atom stereocenters. The van der Waals surface area contributed by atoms with Crippen LogP contribution < -0.4 is 5.32 Å². The highest BCUT2D eigenvalue weighted by Crippen LogP contribution is 2.33. The van der Waals surface area contributed by atoms with E-state index >= 15 is 0 Å². The van der Waals surface area contributed by atoms with Crippen LogP contribution in [0.4, 0.5) is 5.13 Å². The molecule has 4 rings (SSSR count). The second kappa shape index (κ2) is 11.6. The molecule has 0 unspecified atom stereocenters. The predicted octanol–water partition coefficient (Wildman–Crippen LogP) is 6.69. The summed E-state index contributed by atoms with van der Waals surface area (Å²) < 4.78 is 0. The number of hydrogen-bond acceptors (Lipinski definition) is 5. The van der Waals surface area contributed by atoms with Crippen molar-refractivity contribution in [1.29, 1.82) is 0 Å². The monoisotopic (exact) mass is 472 g/mol. The summed E-state index contributed by atoms with van der Waals surface area (Å²) >= 11 is 3.05. The highest BCUT2D eigenvalue weighted by atomic mass is 32.2. The molecule has 1 aromatic heterocycles. The first-order valence-electron chi connectivity index (χ1n) is 10.8. The van der Waals surface area contributed by atoms with Crippen molar-refractivity contribution in [3.63, 3.8) is 0 Å². The SMILES string of the molecule is O=C(CCCSCc1ccccc1)Nc1nc(-c2ccccc2)c(C(=O)c2ccccc2)s1. The van der Waals surface area contributed by atoms with Crippen LogP contribution in [0.1, 0.15) is 33.6 Å². The predicted molar refractivity (Wildman–Crippen MR) is 138 cm³/mol. The molecule has 0 saturated heterocycles. The molecule has 1 heterocycles. The quantitative estimate of drug-likeness (QED) is 0.206. The topological polar surface area (TPSA) is 59.1 Å². The molecule has 0 saturated carbocycles. The first-order valence-corrected chi connectivity index (χ1v) is 12.8. The molecule has 0 spiro atoms. The van der Waals surface area contributed by atoms with E-state index in [2.05, 4.69) is 22.4 Å². The first-order chi connectivity index (χ1) is 16.2. The lowest BCUT2D eigenvalue weighted by Crippen LogP contribution is -2.11. The van der Waals surface area contributed by atoms with Crippen molar-refractivity contribution < 1.29 is 9.59 Å². The molecule has 1 N–H and O–H groups in total. The molecule has 4 aromatic rings. The third kappa shape index (κ3) is 6.40. The Bertz CT molecular complexity index is 1190. The minimum atomic E-state index is -0.0928. The van der Waals surface area contributed by atoms with Gasteiger partial charge in [-0.3, -0.25) is 9.59 Å². The fourth-order valence-electron chi connectivity index (χ4n) is 3.32. The van der Waals surface area contributed by atoms with Crippen LogP contribution in [0.3, 0.4) is 0 Å². The van der Waals surface area contributed by atoms with E-state index in [-0.39, 0.29) is 11.7 Å². The zero-order valence-corrected chi connectivity index (χ0v) is 19.7. The van der Waals surface area contributed by atoms with Gasteiger partial charge in [0.25, 0.3) is 0 Å². The smallest absolute Gasteiger partial charge is 0.226 e. The van der Waals surface area contributed by atoms with Crippen LogP contribution in [0.5, 0.6) is 0 Å². The van der Waals surface area contributed by atoms with Crippen LogP contribution in [0.2, 0.25) is 0 Å². The first kappa shape index (κ1) is 23.0. The number of hydrogen-bond donors (Lipinski definition) is 1. The largest absolute Gasteiger partial charge is 0.302 e. The van der Waals surface area contributed by atoms with E-state index < -0.39 is 0 Å². The number of amides is 1. The Morgan fingerprint density at radius 1 is 0.848 bits per heavy atom. The summed E-state index contributed by atoms with van der Waals surface area (Å²) in [7, 11) is 0. The normalized spacial score (nSPS) is 10.7. The maximum atomic E-state index is 13.2. The number of ketones is 1.